The van der Waals surface area contributed by atoms with Gasteiger partial charge in [-0.1, -0.05) is 38.5 Å². The molecular formula is C20H27N5O. The zero-order valence-electron chi connectivity index (χ0n) is 16.0. The van der Waals surface area contributed by atoms with Crippen molar-refractivity contribution >= 4 is 23.2 Å². The number of hydrogen-bond donors (Lipinski definition) is 1. The number of carbonyl (C=O) groups excluding carboxylic acids is 1. The fourth-order valence-corrected chi connectivity index (χ4v) is 2.96. The molecule has 2 heterocycles. The zero-order chi connectivity index (χ0) is 18.7. The van der Waals surface area contributed by atoms with Gasteiger partial charge in [0.25, 0.3) is 0 Å². The summed E-state index contributed by atoms with van der Waals surface area (Å²) in [4.78, 5) is 16.5. The number of aromatic nitrogens is 2. The van der Waals surface area contributed by atoms with Crippen LogP contribution in [0.2, 0.25) is 0 Å². The molecule has 0 atom stereocenters. The van der Waals surface area contributed by atoms with E-state index in [0.717, 1.165) is 43.5 Å². The van der Waals surface area contributed by atoms with Crippen molar-refractivity contribution in [3.8, 4) is 0 Å². The van der Waals surface area contributed by atoms with Gasteiger partial charge in [0.15, 0.2) is 11.6 Å². The lowest BCUT2D eigenvalue weighted by Gasteiger charge is -2.38. The third-order valence-electron chi connectivity index (χ3n) is 4.51. The molecule has 0 radical (unpaired) electrons. The summed E-state index contributed by atoms with van der Waals surface area (Å²) in [6.07, 6.45) is 0. The van der Waals surface area contributed by atoms with Gasteiger partial charge in [-0.3, -0.25) is 4.79 Å². The van der Waals surface area contributed by atoms with E-state index in [-0.39, 0.29) is 11.3 Å². The van der Waals surface area contributed by atoms with Crippen LogP contribution in [0.15, 0.2) is 36.4 Å². The van der Waals surface area contributed by atoms with E-state index in [4.69, 9.17) is 0 Å². The molecule has 1 fully saturated rings. The lowest BCUT2D eigenvalue weighted by Crippen LogP contribution is -2.51. The molecule has 1 aromatic heterocycles. The Morgan fingerprint density at radius 2 is 1.62 bits per heavy atom. The molecule has 1 aliphatic heterocycles. The molecule has 0 bridgehead atoms. The van der Waals surface area contributed by atoms with Crippen LogP contribution in [0.25, 0.3) is 0 Å². The summed E-state index contributed by atoms with van der Waals surface area (Å²) < 4.78 is 0. The molecule has 0 saturated carbocycles. The number of benzene rings is 1. The van der Waals surface area contributed by atoms with Crippen LogP contribution < -0.4 is 10.2 Å². The van der Waals surface area contributed by atoms with Crippen molar-refractivity contribution in [2.45, 2.75) is 27.7 Å². The molecule has 26 heavy (non-hydrogen) atoms. The molecule has 6 nitrogen and oxygen atoms in total. The van der Waals surface area contributed by atoms with Gasteiger partial charge in [0.2, 0.25) is 5.91 Å². The molecule has 0 unspecified atom stereocenters. The summed E-state index contributed by atoms with van der Waals surface area (Å²) in [7, 11) is 0. The summed E-state index contributed by atoms with van der Waals surface area (Å²) in [5.74, 6) is 1.78. The Kier molecular flexibility index (Phi) is 5.11. The second kappa shape index (κ2) is 7.32. The van der Waals surface area contributed by atoms with Crippen LogP contribution in [-0.4, -0.2) is 47.2 Å². The number of piperazine rings is 1. The third kappa shape index (κ3) is 4.31. The lowest BCUT2D eigenvalue weighted by molar-refractivity contribution is -0.139. The van der Waals surface area contributed by atoms with Crippen molar-refractivity contribution in [3.63, 3.8) is 0 Å². The zero-order valence-corrected chi connectivity index (χ0v) is 16.0. The largest absolute Gasteiger partial charge is 0.352 e. The van der Waals surface area contributed by atoms with Crippen LogP contribution in [0.5, 0.6) is 0 Å². The van der Waals surface area contributed by atoms with Crippen molar-refractivity contribution in [2.75, 3.05) is 36.4 Å². The molecule has 3 rings (SSSR count). The van der Waals surface area contributed by atoms with Crippen LogP contribution in [-0.2, 0) is 4.79 Å². The molecule has 0 aliphatic carbocycles. The van der Waals surface area contributed by atoms with E-state index in [1.54, 1.807) is 0 Å². The fraction of sp³-hybridized carbons (Fsp3) is 0.450. The van der Waals surface area contributed by atoms with Crippen molar-refractivity contribution < 1.29 is 4.79 Å². The van der Waals surface area contributed by atoms with Gasteiger partial charge in [-0.15, -0.1) is 10.2 Å². The van der Waals surface area contributed by atoms with Gasteiger partial charge in [0, 0.05) is 37.3 Å². The van der Waals surface area contributed by atoms with Crippen LogP contribution in [0.3, 0.4) is 0 Å². The summed E-state index contributed by atoms with van der Waals surface area (Å²) >= 11 is 0. The fourth-order valence-electron chi connectivity index (χ4n) is 2.96. The second-order valence-corrected chi connectivity index (χ2v) is 7.80. The predicted octanol–water partition coefficient (Wildman–Crippen LogP) is 3.22. The maximum atomic E-state index is 12.4. The number of nitrogens with zero attached hydrogens (tertiary/aromatic N) is 4. The number of aryl methyl sites for hydroxylation is 1. The van der Waals surface area contributed by atoms with Gasteiger partial charge in [0.05, 0.1) is 0 Å². The van der Waals surface area contributed by atoms with Gasteiger partial charge in [-0.2, -0.15) is 0 Å². The first-order valence-corrected chi connectivity index (χ1v) is 9.05. The van der Waals surface area contributed by atoms with Crippen molar-refractivity contribution in [1.82, 2.24) is 15.1 Å². The molecule has 1 N–H and O–H groups in total. The van der Waals surface area contributed by atoms with Gasteiger partial charge in [0.1, 0.15) is 0 Å². The number of nitrogens with one attached hydrogen (secondary N) is 1. The molecule has 1 aromatic carbocycles. The summed E-state index contributed by atoms with van der Waals surface area (Å²) in [6.45, 7) is 11.0. The molecule has 1 saturated heterocycles. The number of anilines is 3. The van der Waals surface area contributed by atoms with Gasteiger partial charge < -0.3 is 15.1 Å². The standard InChI is InChI=1S/C20H27N5O/c1-15-5-7-16(8-6-15)21-17-9-10-18(23-22-17)24-11-13-25(14-12-24)19(26)20(2,3)4/h5-10H,11-14H2,1-4H3,(H,21,22). The van der Waals surface area contributed by atoms with E-state index in [0.29, 0.717) is 0 Å². The second-order valence-electron chi connectivity index (χ2n) is 7.80. The Hall–Kier alpha value is -2.63. The minimum absolute atomic E-state index is 0.209. The van der Waals surface area contributed by atoms with Gasteiger partial charge >= 0.3 is 0 Å². The molecular weight excluding hydrogens is 326 g/mol. The van der Waals surface area contributed by atoms with Gasteiger partial charge in [-0.25, -0.2) is 0 Å². The Labute approximate surface area is 155 Å². The van der Waals surface area contributed by atoms with Crippen LogP contribution in [0.1, 0.15) is 26.3 Å². The maximum Gasteiger partial charge on any atom is 0.228 e. The quantitative estimate of drug-likeness (QED) is 0.918. The summed E-state index contributed by atoms with van der Waals surface area (Å²) in [6, 6.07) is 12.1. The smallest absolute Gasteiger partial charge is 0.228 e. The first-order chi connectivity index (χ1) is 12.3. The minimum atomic E-state index is -0.328. The lowest BCUT2D eigenvalue weighted by atomic mass is 9.94. The topological polar surface area (TPSA) is 61.4 Å². The summed E-state index contributed by atoms with van der Waals surface area (Å²) in [5, 5.41) is 11.9. The van der Waals surface area contributed by atoms with E-state index in [9.17, 15) is 4.79 Å². The Morgan fingerprint density at radius 3 is 2.15 bits per heavy atom. The van der Waals surface area contributed by atoms with Crippen LogP contribution in [0, 0.1) is 12.3 Å². The maximum absolute atomic E-state index is 12.4. The third-order valence-corrected chi connectivity index (χ3v) is 4.51. The Morgan fingerprint density at radius 1 is 0.962 bits per heavy atom. The molecule has 6 heteroatoms. The molecule has 1 aliphatic rings. The number of rotatable bonds is 3. The Balaban J connectivity index is 1.58. The SMILES string of the molecule is Cc1ccc(Nc2ccc(N3CCN(C(=O)C(C)(C)C)CC3)nn2)cc1. The molecule has 138 valence electrons. The van der Waals surface area contributed by atoms with Crippen molar-refractivity contribution in [2.24, 2.45) is 5.41 Å². The first-order valence-electron chi connectivity index (χ1n) is 9.05. The number of amides is 1. The van der Waals surface area contributed by atoms with E-state index in [2.05, 4.69) is 39.5 Å². The summed E-state index contributed by atoms with van der Waals surface area (Å²) in [5.41, 5.74) is 1.89. The van der Waals surface area contributed by atoms with E-state index >= 15 is 0 Å². The minimum Gasteiger partial charge on any atom is -0.352 e. The van der Waals surface area contributed by atoms with Crippen LogP contribution in [0.4, 0.5) is 17.3 Å². The van der Waals surface area contributed by atoms with Crippen molar-refractivity contribution in [1.29, 1.82) is 0 Å². The Bertz CT molecular complexity index is 741. The monoisotopic (exact) mass is 353 g/mol. The highest BCUT2D eigenvalue weighted by atomic mass is 16.2. The van der Waals surface area contributed by atoms with E-state index < -0.39 is 0 Å². The highest BCUT2D eigenvalue weighted by Gasteiger charge is 2.29. The van der Waals surface area contributed by atoms with Crippen LogP contribution >= 0.6 is 0 Å². The highest BCUT2D eigenvalue weighted by molar-refractivity contribution is 5.81. The predicted molar refractivity (Wildman–Crippen MR) is 105 cm³/mol. The van der Waals surface area contributed by atoms with Gasteiger partial charge in [-0.05, 0) is 31.2 Å². The normalized spacial score (nSPS) is 15.1. The van der Waals surface area contributed by atoms with E-state index in [1.165, 1.54) is 5.56 Å². The average molecular weight is 353 g/mol. The van der Waals surface area contributed by atoms with E-state index in [1.807, 2.05) is 49.9 Å². The number of carbonyl (C=O) groups is 1. The molecule has 1 amide bonds. The van der Waals surface area contributed by atoms with Crippen molar-refractivity contribution in [3.05, 3.63) is 42.0 Å². The molecule has 2 aromatic rings. The first kappa shape index (κ1) is 18.2. The molecule has 0 spiro atoms. The average Bonchev–Trinajstić information content (AvgIpc) is 2.63. The highest BCUT2D eigenvalue weighted by Crippen LogP contribution is 2.21. The number of hydrogen-bond acceptors (Lipinski definition) is 5.